The maximum atomic E-state index is 12.9. The Kier molecular flexibility index (Phi) is 5.69. The SMILES string of the molecule is CC(NS(=O)(=O)c1ccc2c(c1)CCN(C(=O)C1CCNN1)C2)c1ccccc1. The molecule has 29 heavy (non-hydrogen) atoms. The summed E-state index contributed by atoms with van der Waals surface area (Å²) in [7, 11) is -3.63. The van der Waals surface area contributed by atoms with Gasteiger partial charge < -0.3 is 4.90 Å². The molecular weight excluding hydrogens is 388 g/mol. The Balaban J connectivity index is 1.48. The first kappa shape index (κ1) is 20.0. The highest BCUT2D eigenvalue weighted by molar-refractivity contribution is 7.89. The molecule has 2 unspecified atom stereocenters. The summed E-state index contributed by atoms with van der Waals surface area (Å²) >= 11 is 0. The molecule has 4 rings (SSSR count). The number of rotatable bonds is 5. The molecule has 7 nitrogen and oxygen atoms in total. The molecule has 2 aliphatic heterocycles. The zero-order valence-corrected chi connectivity index (χ0v) is 17.2. The van der Waals surface area contributed by atoms with Crippen LogP contribution in [-0.2, 0) is 27.8 Å². The minimum Gasteiger partial charge on any atom is -0.337 e. The number of sulfonamides is 1. The van der Waals surface area contributed by atoms with E-state index < -0.39 is 10.0 Å². The van der Waals surface area contributed by atoms with Crippen LogP contribution in [0.5, 0.6) is 0 Å². The molecule has 1 saturated heterocycles. The maximum Gasteiger partial charge on any atom is 0.241 e. The normalized spacial score (nSPS) is 20.3. The third-order valence-electron chi connectivity index (χ3n) is 5.58. The van der Waals surface area contributed by atoms with Crippen LogP contribution in [0.3, 0.4) is 0 Å². The first-order valence-electron chi connectivity index (χ1n) is 9.90. The zero-order chi connectivity index (χ0) is 20.4. The van der Waals surface area contributed by atoms with Gasteiger partial charge in [-0.25, -0.2) is 18.6 Å². The van der Waals surface area contributed by atoms with E-state index in [2.05, 4.69) is 15.6 Å². The fraction of sp³-hybridized carbons (Fsp3) is 0.381. The topological polar surface area (TPSA) is 90.5 Å². The van der Waals surface area contributed by atoms with Gasteiger partial charge in [-0.15, -0.1) is 0 Å². The maximum absolute atomic E-state index is 12.9. The van der Waals surface area contributed by atoms with Crippen molar-refractivity contribution in [3.63, 3.8) is 0 Å². The molecule has 2 heterocycles. The molecule has 1 fully saturated rings. The van der Waals surface area contributed by atoms with Crippen LogP contribution in [0.4, 0.5) is 0 Å². The number of hydrogen-bond donors (Lipinski definition) is 3. The molecule has 2 atom stereocenters. The van der Waals surface area contributed by atoms with Gasteiger partial charge >= 0.3 is 0 Å². The summed E-state index contributed by atoms with van der Waals surface area (Å²) < 4.78 is 28.5. The second-order valence-corrected chi connectivity index (χ2v) is 9.32. The van der Waals surface area contributed by atoms with Gasteiger partial charge in [-0.2, -0.15) is 0 Å². The van der Waals surface area contributed by atoms with Gasteiger partial charge in [-0.1, -0.05) is 36.4 Å². The third-order valence-corrected chi connectivity index (χ3v) is 7.11. The Labute approximate surface area is 171 Å². The second kappa shape index (κ2) is 8.23. The van der Waals surface area contributed by atoms with Crippen molar-refractivity contribution in [3.8, 4) is 0 Å². The van der Waals surface area contributed by atoms with Crippen LogP contribution >= 0.6 is 0 Å². The van der Waals surface area contributed by atoms with E-state index in [0.29, 0.717) is 19.5 Å². The van der Waals surface area contributed by atoms with Crippen molar-refractivity contribution >= 4 is 15.9 Å². The molecule has 0 aromatic heterocycles. The number of nitrogens with one attached hydrogen (secondary N) is 3. The van der Waals surface area contributed by atoms with E-state index in [1.807, 2.05) is 48.2 Å². The molecule has 2 aliphatic rings. The summed E-state index contributed by atoms with van der Waals surface area (Å²) in [4.78, 5) is 14.7. The Morgan fingerprint density at radius 2 is 1.97 bits per heavy atom. The van der Waals surface area contributed by atoms with Gasteiger partial charge in [0.1, 0.15) is 6.04 Å². The van der Waals surface area contributed by atoms with Crippen molar-refractivity contribution in [3.05, 3.63) is 65.2 Å². The van der Waals surface area contributed by atoms with Gasteiger partial charge in [0.2, 0.25) is 15.9 Å². The summed E-state index contributed by atoms with van der Waals surface area (Å²) in [6, 6.07) is 14.2. The van der Waals surface area contributed by atoms with Crippen LogP contribution in [0.25, 0.3) is 0 Å². The molecule has 154 valence electrons. The lowest BCUT2D eigenvalue weighted by Gasteiger charge is -2.31. The number of hydrazine groups is 1. The van der Waals surface area contributed by atoms with E-state index in [9.17, 15) is 13.2 Å². The van der Waals surface area contributed by atoms with E-state index in [-0.39, 0.29) is 22.9 Å². The molecule has 3 N–H and O–H groups in total. The predicted molar refractivity (Wildman–Crippen MR) is 110 cm³/mol. The fourth-order valence-corrected chi connectivity index (χ4v) is 5.17. The quantitative estimate of drug-likeness (QED) is 0.690. The number of benzene rings is 2. The summed E-state index contributed by atoms with van der Waals surface area (Å²) in [5.74, 6) is 0.0932. The van der Waals surface area contributed by atoms with Crippen molar-refractivity contribution in [2.45, 2.75) is 43.3 Å². The number of hydrogen-bond acceptors (Lipinski definition) is 5. The lowest BCUT2D eigenvalue weighted by Crippen LogP contribution is -2.47. The van der Waals surface area contributed by atoms with E-state index in [1.165, 1.54) is 0 Å². The van der Waals surface area contributed by atoms with E-state index >= 15 is 0 Å². The summed E-state index contributed by atoms with van der Waals surface area (Å²) in [5, 5.41) is 0. The average Bonchev–Trinajstić information content (AvgIpc) is 3.27. The van der Waals surface area contributed by atoms with Gasteiger partial charge in [-0.3, -0.25) is 10.2 Å². The Hall–Kier alpha value is -2.26. The third kappa shape index (κ3) is 4.35. The highest BCUT2D eigenvalue weighted by Gasteiger charge is 2.30. The Morgan fingerprint density at radius 3 is 2.69 bits per heavy atom. The first-order valence-corrected chi connectivity index (χ1v) is 11.4. The van der Waals surface area contributed by atoms with Crippen molar-refractivity contribution in [2.24, 2.45) is 0 Å². The summed E-state index contributed by atoms with van der Waals surface area (Å²) in [6.07, 6.45) is 1.43. The van der Waals surface area contributed by atoms with E-state index in [1.54, 1.807) is 12.1 Å². The number of amides is 1. The monoisotopic (exact) mass is 414 g/mol. The molecule has 0 aliphatic carbocycles. The number of nitrogens with zero attached hydrogens (tertiary/aromatic N) is 1. The average molecular weight is 415 g/mol. The van der Waals surface area contributed by atoms with Crippen LogP contribution in [0.15, 0.2) is 53.4 Å². The molecule has 0 saturated carbocycles. The van der Waals surface area contributed by atoms with Crippen molar-refractivity contribution in [1.29, 1.82) is 0 Å². The smallest absolute Gasteiger partial charge is 0.241 e. The fourth-order valence-electron chi connectivity index (χ4n) is 3.88. The predicted octanol–water partition coefficient (Wildman–Crippen LogP) is 1.48. The van der Waals surface area contributed by atoms with Gasteiger partial charge in [-0.05, 0) is 48.6 Å². The highest BCUT2D eigenvalue weighted by Crippen LogP contribution is 2.24. The number of carbonyl (C=O) groups excluding carboxylic acids is 1. The Morgan fingerprint density at radius 1 is 1.17 bits per heavy atom. The largest absolute Gasteiger partial charge is 0.337 e. The zero-order valence-electron chi connectivity index (χ0n) is 16.4. The van der Waals surface area contributed by atoms with Crippen molar-refractivity contribution < 1.29 is 13.2 Å². The van der Waals surface area contributed by atoms with Crippen molar-refractivity contribution in [2.75, 3.05) is 13.1 Å². The molecule has 0 spiro atoms. The number of carbonyl (C=O) groups is 1. The molecule has 8 heteroatoms. The second-order valence-electron chi connectivity index (χ2n) is 7.61. The van der Waals surface area contributed by atoms with E-state index in [4.69, 9.17) is 0 Å². The lowest BCUT2D eigenvalue weighted by molar-refractivity contribution is -0.134. The summed E-state index contributed by atoms with van der Waals surface area (Å²) in [6.45, 7) is 3.74. The number of fused-ring (bicyclic) bond motifs is 1. The van der Waals surface area contributed by atoms with E-state index in [0.717, 1.165) is 29.7 Å². The van der Waals surface area contributed by atoms with Crippen LogP contribution < -0.4 is 15.6 Å². The van der Waals surface area contributed by atoms with Gasteiger partial charge in [0.15, 0.2) is 0 Å². The lowest BCUT2D eigenvalue weighted by atomic mass is 9.99. The minimum atomic E-state index is -3.63. The Bertz CT molecular complexity index is 988. The molecule has 1 amide bonds. The molecule has 2 aromatic carbocycles. The first-order chi connectivity index (χ1) is 13.9. The van der Waals surface area contributed by atoms with Crippen LogP contribution in [0.2, 0.25) is 0 Å². The van der Waals surface area contributed by atoms with Crippen LogP contribution in [0.1, 0.15) is 36.1 Å². The highest BCUT2D eigenvalue weighted by atomic mass is 32.2. The van der Waals surface area contributed by atoms with Crippen molar-refractivity contribution in [1.82, 2.24) is 20.5 Å². The van der Waals surface area contributed by atoms with Gasteiger partial charge in [0, 0.05) is 25.7 Å². The van der Waals surface area contributed by atoms with Gasteiger partial charge in [0.25, 0.3) is 0 Å². The van der Waals surface area contributed by atoms with Crippen LogP contribution in [-0.4, -0.2) is 38.4 Å². The summed E-state index contributed by atoms with van der Waals surface area (Å²) in [5.41, 5.74) is 8.91. The molecule has 2 aromatic rings. The molecule has 0 radical (unpaired) electrons. The molecule has 0 bridgehead atoms. The minimum absolute atomic E-state index is 0.0932. The van der Waals surface area contributed by atoms with Gasteiger partial charge in [0.05, 0.1) is 4.90 Å². The standard InChI is InChI=1S/C21H26N4O3S/c1-15(16-5-3-2-4-6-16)24-29(27,28)19-8-7-18-14-25(12-10-17(18)13-19)21(26)20-9-11-22-23-20/h2-8,13,15,20,22-24H,9-12,14H2,1H3. The molecular formula is C21H26N4O3S. The van der Waals surface area contributed by atoms with Crippen LogP contribution in [0, 0.1) is 0 Å².